The molecule has 0 aromatic heterocycles. The standard InChI is InChI=1S/C12H21F2N3O.2ClH/c13-11(14)9-16-5-7-17(8-6-16)12(18)10-3-1-2-4-15-10;;/h10-11,15H,1-9H2;2*1H. The Bertz CT molecular complexity index is 284. The van der Waals surface area contributed by atoms with Gasteiger partial charge in [-0.25, -0.2) is 8.78 Å². The summed E-state index contributed by atoms with van der Waals surface area (Å²) in [6, 6.07) is -0.0552. The molecule has 0 aromatic rings. The van der Waals surface area contributed by atoms with Crippen molar-refractivity contribution in [1.29, 1.82) is 0 Å². The lowest BCUT2D eigenvalue weighted by atomic mass is 10.0. The molecule has 2 saturated heterocycles. The van der Waals surface area contributed by atoms with Crippen LogP contribution in [0.5, 0.6) is 0 Å². The van der Waals surface area contributed by atoms with Crippen molar-refractivity contribution in [2.24, 2.45) is 0 Å². The van der Waals surface area contributed by atoms with E-state index in [9.17, 15) is 13.6 Å². The van der Waals surface area contributed by atoms with Crippen molar-refractivity contribution in [3.63, 3.8) is 0 Å². The zero-order valence-corrected chi connectivity index (χ0v) is 13.0. The molecule has 1 N–H and O–H groups in total. The molecule has 1 amide bonds. The summed E-state index contributed by atoms with van der Waals surface area (Å²) in [5, 5.41) is 3.23. The van der Waals surface area contributed by atoms with Crippen LogP contribution < -0.4 is 5.32 Å². The molecule has 0 saturated carbocycles. The number of amides is 1. The number of hydrogen-bond acceptors (Lipinski definition) is 3. The van der Waals surface area contributed by atoms with Gasteiger partial charge in [0.05, 0.1) is 12.6 Å². The lowest BCUT2D eigenvalue weighted by Gasteiger charge is -2.37. The van der Waals surface area contributed by atoms with Gasteiger partial charge >= 0.3 is 0 Å². The van der Waals surface area contributed by atoms with Crippen molar-refractivity contribution in [3.05, 3.63) is 0 Å². The molecule has 4 nitrogen and oxygen atoms in total. The zero-order valence-electron chi connectivity index (χ0n) is 11.4. The van der Waals surface area contributed by atoms with E-state index in [0.29, 0.717) is 26.2 Å². The fraction of sp³-hybridized carbons (Fsp3) is 0.917. The van der Waals surface area contributed by atoms with Crippen LogP contribution in [0.2, 0.25) is 0 Å². The molecule has 2 heterocycles. The Morgan fingerprint density at radius 2 is 1.80 bits per heavy atom. The molecular formula is C12H23Cl2F2N3O. The first kappa shape index (κ1) is 19.8. The maximum absolute atomic E-state index is 12.2. The summed E-state index contributed by atoms with van der Waals surface area (Å²) < 4.78 is 24.5. The molecular weight excluding hydrogens is 311 g/mol. The lowest BCUT2D eigenvalue weighted by molar-refractivity contribution is -0.136. The second-order valence-electron chi connectivity index (χ2n) is 5.02. The van der Waals surface area contributed by atoms with Crippen LogP contribution in [0.25, 0.3) is 0 Å². The molecule has 120 valence electrons. The van der Waals surface area contributed by atoms with E-state index < -0.39 is 6.43 Å². The Morgan fingerprint density at radius 1 is 1.15 bits per heavy atom. The van der Waals surface area contributed by atoms with Crippen molar-refractivity contribution in [2.45, 2.75) is 31.7 Å². The van der Waals surface area contributed by atoms with Crippen LogP contribution in [0.1, 0.15) is 19.3 Å². The Balaban J connectivity index is 0.00000180. The number of piperazine rings is 1. The smallest absolute Gasteiger partial charge is 0.251 e. The average molecular weight is 334 g/mol. The largest absolute Gasteiger partial charge is 0.339 e. The molecule has 0 spiro atoms. The van der Waals surface area contributed by atoms with E-state index in [1.807, 2.05) is 4.90 Å². The maximum Gasteiger partial charge on any atom is 0.251 e. The Hall–Kier alpha value is -0.170. The van der Waals surface area contributed by atoms with Crippen LogP contribution in [0.4, 0.5) is 8.78 Å². The van der Waals surface area contributed by atoms with E-state index in [4.69, 9.17) is 0 Å². The third-order valence-electron chi connectivity index (χ3n) is 3.69. The highest BCUT2D eigenvalue weighted by Gasteiger charge is 2.28. The van der Waals surface area contributed by atoms with Crippen LogP contribution in [-0.4, -0.2) is 67.4 Å². The number of nitrogens with one attached hydrogen (secondary N) is 1. The molecule has 2 aliphatic rings. The summed E-state index contributed by atoms with van der Waals surface area (Å²) in [5.74, 6) is 0.145. The molecule has 2 fully saturated rings. The summed E-state index contributed by atoms with van der Waals surface area (Å²) in [5.41, 5.74) is 0. The Labute approximate surface area is 131 Å². The number of carbonyl (C=O) groups is 1. The third kappa shape index (κ3) is 5.68. The van der Waals surface area contributed by atoms with Gasteiger partial charge in [-0.3, -0.25) is 9.69 Å². The van der Waals surface area contributed by atoms with Crippen LogP contribution >= 0.6 is 24.8 Å². The second-order valence-corrected chi connectivity index (χ2v) is 5.02. The van der Waals surface area contributed by atoms with Gasteiger partial charge < -0.3 is 10.2 Å². The van der Waals surface area contributed by atoms with Gasteiger partial charge in [-0.05, 0) is 19.4 Å². The van der Waals surface area contributed by atoms with Gasteiger partial charge in [0.25, 0.3) is 6.43 Å². The predicted molar refractivity (Wildman–Crippen MR) is 79.2 cm³/mol. The van der Waals surface area contributed by atoms with Gasteiger partial charge in [-0.1, -0.05) is 6.42 Å². The molecule has 20 heavy (non-hydrogen) atoms. The van der Waals surface area contributed by atoms with Crippen LogP contribution in [0.3, 0.4) is 0 Å². The third-order valence-corrected chi connectivity index (χ3v) is 3.69. The van der Waals surface area contributed by atoms with Gasteiger partial charge in [0.15, 0.2) is 0 Å². The fourth-order valence-corrected chi connectivity index (χ4v) is 2.63. The van der Waals surface area contributed by atoms with E-state index in [-0.39, 0.29) is 43.3 Å². The summed E-state index contributed by atoms with van der Waals surface area (Å²) in [6.07, 6.45) is 0.837. The van der Waals surface area contributed by atoms with Gasteiger partial charge in [0.1, 0.15) is 0 Å². The van der Waals surface area contributed by atoms with Crippen molar-refractivity contribution in [3.8, 4) is 0 Å². The number of nitrogens with zero attached hydrogens (tertiary/aromatic N) is 2. The van der Waals surface area contributed by atoms with Crippen molar-refractivity contribution >= 4 is 30.7 Å². The van der Waals surface area contributed by atoms with E-state index in [2.05, 4.69) is 5.32 Å². The molecule has 1 unspecified atom stereocenters. The lowest BCUT2D eigenvalue weighted by Crippen LogP contribution is -2.55. The first-order valence-electron chi connectivity index (χ1n) is 6.69. The fourth-order valence-electron chi connectivity index (χ4n) is 2.63. The summed E-state index contributed by atoms with van der Waals surface area (Å²) in [6.45, 7) is 2.99. The highest BCUT2D eigenvalue weighted by Crippen LogP contribution is 2.12. The highest BCUT2D eigenvalue weighted by molar-refractivity contribution is 5.85. The van der Waals surface area contributed by atoms with Crippen LogP contribution in [0.15, 0.2) is 0 Å². The number of halogens is 4. The van der Waals surface area contributed by atoms with E-state index in [1.54, 1.807) is 4.90 Å². The minimum atomic E-state index is -2.28. The van der Waals surface area contributed by atoms with Gasteiger partial charge in [-0.2, -0.15) is 0 Å². The highest BCUT2D eigenvalue weighted by atomic mass is 35.5. The normalized spacial score (nSPS) is 23.9. The topological polar surface area (TPSA) is 35.6 Å². The zero-order chi connectivity index (χ0) is 13.0. The number of hydrogen-bond donors (Lipinski definition) is 1. The SMILES string of the molecule is Cl.Cl.O=C(C1CCCCN1)N1CCN(CC(F)F)CC1. The molecule has 1 atom stereocenters. The van der Waals surface area contributed by atoms with Gasteiger partial charge in [0.2, 0.25) is 5.91 Å². The van der Waals surface area contributed by atoms with Gasteiger partial charge in [0, 0.05) is 26.2 Å². The molecule has 0 bridgehead atoms. The van der Waals surface area contributed by atoms with Crippen molar-refractivity contribution in [1.82, 2.24) is 15.1 Å². The summed E-state index contributed by atoms with van der Waals surface area (Å²) in [7, 11) is 0. The van der Waals surface area contributed by atoms with E-state index in [0.717, 1.165) is 25.8 Å². The Morgan fingerprint density at radius 3 is 2.30 bits per heavy atom. The van der Waals surface area contributed by atoms with Crippen molar-refractivity contribution < 1.29 is 13.6 Å². The first-order chi connectivity index (χ1) is 8.66. The molecule has 0 aromatic carbocycles. The van der Waals surface area contributed by atoms with Gasteiger partial charge in [-0.15, -0.1) is 24.8 Å². The van der Waals surface area contributed by atoms with E-state index in [1.165, 1.54) is 0 Å². The summed E-state index contributed by atoms with van der Waals surface area (Å²) in [4.78, 5) is 15.7. The molecule has 2 aliphatic heterocycles. The Kier molecular flexibility index (Phi) is 9.63. The number of carbonyl (C=O) groups excluding carboxylic acids is 1. The minimum Gasteiger partial charge on any atom is -0.339 e. The first-order valence-corrected chi connectivity index (χ1v) is 6.69. The quantitative estimate of drug-likeness (QED) is 0.847. The number of rotatable bonds is 3. The summed E-state index contributed by atoms with van der Waals surface area (Å²) >= 11 is 0. The number of piperidine rings is 1. The maximum atomic E-state index is 12.2. The molecule has 0 radical (unpaired) electrons. The van der Waals surface area contributed by atoms with Crippen LogP contribution in [0, 0.1) is 0 Å². The second kappa shape index (κ2) is 9.71. The predicted octanol–water partition coefficient (Wildman–Crippen LogP) is 1.38. The molecule has 2 rings (SSSR count). The molecule has 0 aliphatic carbocycles. The molecule has 8 heteroatoms. The van der Waals surface area contributed by atoms with Crippen LogP contribution in [-0.2, 0) is 4.79 Å². The van der Waals surface area contributed by atoms with E-state index >= 15 is 0 Å². The van der Waals surface area contributed by atoms with Crippen molar-refractivity contribution in [2.75, 3.05) is 39.3 Å². The number of alkyl halides is 2. The average Bonchev–Trinajstić information content (AvgIpc) is 2.39. The monoisotopic (exact) mass is 333 g/mol. The minimum absolute atomic E-state index is 0.